The van der Waals surface area contributed by atoms with Gasteiger partial charge in [0.2, 0.25) is 11.8 Å². The Morgan fingerprint density at radius 3 is 1.84 bits per heavy atom. The number of carbonyl (C=O) groups excluding carboxylic acids is 3. The maximum atomic E-state index is 12.0. The van der Waals surface area contributed by atoms with Crippen molar-refractivity contribution in [2.45, 2.75) is 95.2 Å². The van der Waals surface area contributed by atoms with E-state index in [0.717, 1.165) is 44.9 Å². The standard InChI is InChI=1S/C33H63N3O14/c1-2-48-32(43)36-12-7-3-5-10-28(40)34-13-9-16-45-19-18-44-15-8-4-6-11-29(41)35-14-17-46-20-21-47-22-23-49-31-30(42)27(39)24-33(25-37,26-38)50-31/h27,30-31,37-39,42H,2-26H2,1H3,(H,34,40)(H,35,41)(H,36,43)/t27?,30?,31-/m0/s1. The quantitative estimate of drug-likeness (QED) is 0.0444. The highest BCUT2D eigenvalue weighted by Gasteiger charge is 2.46. The number of ether oxygens (including phenoxy) is 7. The highest BCUT2D eigenvalue weighted by atomic mass is 16.7. The van der Waals surface area contributed by atoms with Crippen LogP contribution in [0.25, 0.3) is 0 Å². The van der Waals surface area contributed by atoms with Gasteiger partial charge in [-0.25, -0.2) is 4.79 Å². The molecule has 1 aliphatic rings. The molecule has 1 aliphatic heterocycles. The zero-order valence-electron chi connectivity index (χ0n) is 29.8. The van der Waals surface area contributed by atoms with Crippen LogP contribution in [-0.4, -0.2) is 161 Å². The summed E-state index contributed by atoms with van der Waals surface area (Å²) in [4.78, 5) is 35.0. The van der Waals surface area contributed by atoms with E-state index in [0.29, 0.717) is 85.3 Å². The first-order valence-corrected chi connectivity index (χ1v) is 17.9. The second kappa shape index (κ2) is 30.4. The van der Waals surface area contributed by atoms with Crippen LogP contribution in [0.15, 0.2) is 0 Å². The number of alkyl carbamates (subject to hydrolysis) is 1. The summed E-state index contributed by atoms with van der Waals surface area (Å²) >= 11 is 0. The summed E-state index contributed by atoms with van der Waals surface area (Å²) in [5.74, 6) is -0.0103. The largest absolute Gasteiger partial charge is 0.450 e. The molecular formula is C33H63N3O14. The van der Waals surface area contributed by atoms with E-state index in [4.69, 9.17) is 33.2 Å². The third-order valence-corrected chi connectivity index (χ3v) is 7.62. The van der Waals surface area contributed by atoms with Gasteiger partial charge >= 0.3 is 6.09 Å². The minimum absolute atomic E-state index is 0.0207. The van der Waals surface area contributed by atoms with E-state index in [2.05, 4.69) is 16.0 Å². The van der Waals surface area contributed by atoms with Crippen LogP contribution >= 0.6 is 0 Å². The topological polar surface area (TPSA) is 233 Å². The number of unbranched alkanes of at least 4 members (excludes halogenated alkanes) is 4. The maximum absolute atomic E-state index is 12.0. The molecule has 0 radical (unpaired) electrons. The van der Waals surface area contributed by atoms with Gasteiger partial charge in [-0.05, 0) is 39.0 Å². The average Bonchev–Trinajstić information content (AvgIpc) is 3.10. The van der Waals surface area contributed by atoms with E-state index in [1.165, 1.54) is 0 Å². The van der Waals surface area contributed by atoms with E-state index in [-0.39, 0.29) is 31.4 Å². The summed E-state index contributed by atoms with van der Waals surface area (Å²) in [5, 5.41) is 47.3. The highest BCUT2D eigenvalue weighted by Crippen LogP contribution is 2.29. The van der Waals surface area contributed by atoms with Gasteiger partial charge in [0.25, 0.3) is 0 Å². The van der Waals surface area contributed by atoms with Crippen molar-refractivity contribution in [2.75, 3.05) is 98.9 Å². The summed E-state index contributed by atoms with van der Waals surface area (Å²) in [6.45, 7) is 5.91. The number of hydrogen-bond acceptors (Lipinski definition) is 14. The van der Waals surface area contributed by atoms with Crippen molar-refractivity contribution >= 4 is 17.9 Å². The van der Waals surface area contributed by atoms with Crippen molar-refractivity contribution in [3.63, 3.8) is 0 Å². The minimum atomic E-state index is -1.37. The lowest BCUT2D eigenvalue weighted by Gasteiger charge is -2.43. The van der Waals surface area contributed by atoms with Gasteiger partial charge in [0, 0.05) is 52.1 Å². The first kappa shape index (κ1) is 45.8. The lowest BCUT2D eigenvalue weighted by atomic mass is 9.91. The number of nitrogens with one attached hydrogen (secondary N) is 3. The van der Waals surface area contributed by atoms with Crippen LogP contribution in [0.5, 0.6) is 0 Å². The molecule has 17 nitrogen and oxygen atoms in total. The molecule has 1 saturated heterocycles. The zero-order chi connectivity index (χ0) is 36.7. The minimum Gasteiger partial charge on any atom is -0.450 e. The fourth-order valence-corrected chi connectivity index (χ4v) is 4.77. The van der Waals surface area contributed by atoms with Crippen LogP contribution in [0.1, 0.15) is 71.1 Å². The SMILES string of the molecule is CCOC(=O)NCCCCCC(=O)NCCCOCCOCCCCCC(=O)NCCOCCOCCO[C@H]1OC(CO)(CO)CC(O)C1O. The molecule has 2 unspecified atom stereocenters. The lowest BCUT2D eigenvalue weighted by molar-refractivity contribution is -0.313. The summed E-state index contributed by atoms with van der Waals surface area (Å²) < 4.78 is 37.6. The molecule has 1 fully saturated rings. The summed E-state index contributed by atoms with van der Waals surface area (Å²) in [5.41, 5.74) is -1.37. The summed E-state index contributed by atoms with van der Waals surface area (Å²) in [6.07, 6.45) is 2.35. The van der Waals surface area contributed by atoms with Crippen LogP contribution in [0.4, 0.5) is 4.79 Å². The van der Waals surface area contributed by atoms with E-state index < -0.39 is 43.4 Å². The second-order valence-electron chi connectivity index (χ2n) is 11.9. The Hall–Kier alpha value is -2.19. The Morgan fingerprint density at radius 1 is 0.660 bits per heavy atom. The predicted octanol–water partition coefficient (Wildman–Crippen LogP) is -0.250. The molecule has 0 aromatic rings. The highest BCUT2D eigenvalue weighted by molar-refractivity contribution is 5.76. The number of rotatable bonds is 32. The Morgan fingerprint density at radius 2 is 1.20 bits per heavy atom. The summed E-state index contributed by atoms with van der Waals surface area (Å²) in [7, 11) is 0. The lowest BCUT2D eigenvalue weighted by Crippen LogP contribution is -2.58. The fraction of sp³-hybridized carbons (Fsp3) is 0.909. The van der Waals surface area contributed by atoms with E-state index >= 15 is 0 Å². The molecule has 294 valence electrons. The molecule has 17 heteroatoms. The van der Waals surface area contributed by atoms with Crippen LogP contribution in [0.2, 0.25) is 0 Å². The number of carbonyl (C=O) groups is 3. The fourth-order valence-electron chi connectivity index (χ4n) is 4.77. The van der Waals surface area contributed by atoms with Crippen molar-refractivity contribution in [1.29, 1.82) is 0 Å². The van der Waals surface area contributed by atoms with Gasteiger partial charge in [-0.15, -0.1) is 0 Å². The normalized spacial score (nSPS) is 18.5. The van der Waals surface area contributed by atoms with Gasteiger partial charge in [-0.1, -0.05) is 12.8 Å². The molecule has 3 amide bonds. The number of hydrogen-bond donors (Lipinski definition) is 7. The Kier molecular flexibility index (Phi) is 27.9. The van der Waals surface area contributed by atoms with E-state index in [9.17, 15) is 34.8 Å². The van der Waals surface area contributed by atoms with Crippen molar-refractivity contribution < 1.29 is 68.0 Å². The average molecular weight is 726 g/mol. The molecule has 0 spiro atoms. The zero-order valence-corrected chi connectivity index (χ0v) is 29.8. The van der Waals surface area contributed by atoms with Crippen LogP contribution in [-0.2, 0) is 42.7 Å². The number of amides is 3. The second-order valence-corrected chi connectivity index (χ2v) is 11.9. The number of aliphatic hydroxyl groups excluding tert-OH is 4. The van der Waals surface area contributed by atoms with Crippen molar-refractivity contribution in [3.8, 4) is 0 Å². The molecule has 3 atom stereocenters. The van der Waals surface area contributed by atoms with Crippen molar-refractivity contribution in [1.82, 2.24) is 16.0 Å². The predicted molar refractivity (Wildman–Crippen MR) is 180 cm³/mol. The molecule has 0 aromatic heterocycles. The van der Waals surface area contributed by atoms with Crippen LogP contribution in [0.3, 0.4) is 0 Å². The third-order valence-electron chi connectivity index (χ3n) is 7.62. The first-order valence-electron chi connectivity index (χ1n) is 17.9. The first-order chi connectivity index (χ1) is 24.3. The van der Waals surface area contributed by atoms with Gasteiger partial charge in [-0.2, -0.15) is 0 Å². The maximum Gasteiger partial charge on any atom is 0.407 e. The van der Waals surface area contributed by atoms with Gasteiger partial charge in [-0.3, -0.25) is 9.59 Å². The Bertz CT molecular complexity index is 868. The molecule has 0 aliphatic carbocycles. The van der Waals surface area contributed by atoms with Crippen LogP contribution in [0, 0.1) is 0 Å². The Labute approximate surface area is 296 Å². The van der Waals surface area contributed by atoms with Gasteiger partial charge in [0.05, 0.1) is 72.2 Å². The monoisotopic (exact) mass is 725 g/mol. The molecule has 7 N–H and O–H groups in total. The van der Waals surface area contributed by atoms with Crippen molar-refractivity contribution in [2.24, 2.45) is 0 Å². The Balaban J connectivity index is 1.81. The molecular weight excluding hydrogens is 662 g/mol. The smallest absolute Gasteiger partial charge is 0.407 e. The number of aliphatic hydroxyl groups is 4. The molecule has 0 aromatic carbocycles. The van der Waals surface area contributed by atoms with E-state index in [1.807, 2.05) is 0 Å². The van der Waals surface area contributed by atoms with Gasteiger partial charge in [0.15, 0.2) is 6.29 Å². The van der Waals surface area contributed by atoms with Crippen LogP contribution < -0.4 is 16.0 Å². The molecule has 0 saturated carbocycles. The van der Waals surface area contributed by atoms with Gasteiger partial charge in [0.1, 0.15) is 11.7 Å². The molecule has 1 rings (SSSR count). The van der Waals surface area contributed by atoms with E-state index in [1.54, 1.807) is 6.92 Å². The molecule has 50 heavy (non-hydrogen) atoms. The molecule has 0 bridgehead atoms. The van der Waals surface area contributed by atoms with Gasteiger partial charge < -0.3 is 69.5 Å². The summed E-state index contributed by atoms with van der Waals surface area (Å²) in [6, 6.07) is 0. The third kappa shape index (κ3) is 23.3. The molecule has 1 heterocycles. The van der Waals surface area contributed by atoms with Crippen molar-refractivity contribution in [3.05, 3.63) is 0 Å².